The molecule has 2 rings (SSSR count). The molecule has 0 unspecified atom stereocenters. The lowest BCUT2D eigenvalue weighted by atomic mass is 10.1. The number of nitrogens with zero attached hydrogens (tertiary/aromatic N) is 2. The highest BCUT2D eigenvalue weighted by atomic mass is 32.2. The Hall–Kier alpha value is -1.11. The average Bonchev–Trinajstić information content (AvgIpc) is 2.40. The van der Waals surface area contributed by atoms with E-state index in [9.17, 15) is 4.79 Å². The van der Waals surface area contributed by atoms with E-state index in [-0.39, 0.29) is 6.54 Å². The van der Waals surface area contributed by atoms with Gasteiger partial charge < -0.3 is 10.0 Å². The van der Waals surface area contributed by atoms with Gasteiger partial charge in [-0.25, -0.2) is 0 Å². The molecule has 1 aromatic rings. The molecule has 102 valence electrons. The number of carboxylic acid groups (broad SMARTS) is 1. The maximum atomic E-state index is 10.7. The lowest BCUT2D eigenvalue weighted by Gasteiger charge is -2.35. The van der Waals surface area contributed by atoms with Crippen LogP contribution in [-0.2, 0) is 11.2 Å². The van der Waals surface area contributed by atoms with Crippen LogP contribution in [0.3, 0.4) is 0 Å². The summed E-state index contributed by atoms with van der Waals surface area (Å²) in [5, 5.41) is 8.82. The van der Waals surface area contributed by atoms with Crippen LogP contribution in [0.4, 0.5) is 0 Å². The van der Waals surface area contributed by atoms with E-state index in [4.69, 9.17) is 17.3 Å². The first-order chi connectivity index (χ1) is 9.15. The third-order valence-corrected chi connectivity index (χ3v) is 4.48. The summed E-state index contributed by atoms with van der Waals surface area (Å²) in [5.41, 5.74) is 1.27. The van der Waals surface area contributed by atoms with Crippen molar-refractivity contribution < 1.29 is 9.90 Å². The molecule has 19 heavy (non-hydrogen) atoms. The van der Waals surface area contributed by atoms with Crippen molar-refractivity contribution in [3.05, 3.63) is 35.9 Å². The molecule has 1 aromatic carbocycles. The van der Waals surface area contributed by atoms with Crippen LogP contribution in [0.1, 0.15) is 5.56 Å². The number of thioether (sulfide) groups is 1. The zero-order valence-electron chi connectivity index (χ0n) is 10.5. The normalized spacial score (nSPS) is 16.6. The SMILES string of the molecule is O=C(O)CN1CSC(=S)N(CCc2ccccc2)C1. The number of benzene rings is 1. The fourth-order valence-corrected chi connectivity index (χ4v) is 3.04. The van der Waals surface area contributed by atoms with Crippen LogP contribution >= 0.6 is 24.0 Å². The summed E-state index contributed by atoms with van der Waals surface area (Å²) < 4.78 is 0.859. The van der Waals surface area contributed by atoms with Crippen LogP contribution in [-0.4, -0.2) is 50.8 Å². The molecule has 0 radical (unpaired) electrons. The molecule has 0 aromatic heterocycles. The van der Waals surface area contributed by atoms with Gasteiger partial charge in [0, 0.05) is 6.54 Å². The maximum Gasteiger partial charge on any atom is 0.317 e. The molecule has 6 heteroatoms. The first-order valence-corrected chi connectivity index (χ1v) is 7.44. The molecule has 4 nitrogen and oxygen atoms in total. The lowest BCUT2D eigenvalue weighted by Crippen LogP contribution is -2.47. The summed E-state index contributed by atoms with van der Waals surface area (Å²) in [6.45, 7) is 1.49. The lowest BCUT2D eigenvalue weighted by molar-refractivity contribution is -0.138. The van der Waals surface area contributed by atoms with Gasteiger partial charge in [-0.2, -0.15) is 0 Å². The first-order valence-electron chi connectivity index (χ1n) is 6.05. The highest BCUT2D eigenvalue weighted by Crippen LogP contribution is 2.18. The molecule has 1 fully saturated rings. The third-order valence-electron chi connectivity index (χ3n) is 2.87. The van der Waals surface area contributed by atoms with E-state index in [1.807, 2.05) is 23.1 Å². The predicted octanol–water partition coefficient (Wildman–Crippen LogP) is 1.86. The van der Waals surface area contributed by atoms with Gasteiger partial charge in [0.15, 0.2) is 0 Å². The van der Waals surface area contributed by atoms with E-state index >= 15 is 0 Å². The average molecular weight is 296 g/mol. The molecule has 1 aliphatic rings. The molecule has 0 spiro atoms. The Kier molecular flexibility index (Phi) is 5.18. The van der Waals surface area contributed by atoms with E-state index < -0.39 is 5.97 Å². The molecule has 1 N–H and O–H groups in total. The number of thiocarbonyl (C=S) groups is 1. The highest BCUT2D eigenvalue weighted by molar-refractivity contribution is 8.22. The molecule has 1 aliphatic heterocycles. The van der Waals surface area contributed by atoms with Gasteiger partial charge in [-0.1, -0.05) is 54.3 Å². The minimum Gasteiger partial charge on any atom is -0.480 e. The summed E-state index contributed by atoms with van der Waals surface area (Å²) in [6, 6.07) is 10.2. The number of carboxylic acids is 1. The van der Waals surface area contributed by atoms with Gasteiger partial charge in [-0.15, -0.1) is 0 Å². The number of carbonyl (C=O) groups is 1. The van der Waals surface area contributed by atoms with Crippen molar-refractivity contribution in [2.24, 2.45) is 0 Å². The largest absolute Gasteiger partial charge is 0.480 e. The van der Waals surface area contributed by atoms with Crippen molar-refractivity contribution >= 4 is 34.3 Å². The quantitative estimate of drug-likeness (QED) is 0.837. The third kappa shape index (κ3) is 4.49. The number of aliphatic carboxylic acids is 1. The molecular formula is C13H16N2O2S2. The van der Waals surface area contributed by atoms with E-state index in [1.165, 1.54) is 17.3 Å². The standard InChI is InChI=1S/C13H16N2O2S2/c16-12(17)8-14-9-15(13(18)19-10-14)7-6-11-4-2-1-3-5-11/h1-5H,6-10H2,(H,16,17). The predicted molar refractivity (Wildman–Crippen MR) is 81.1 cm³/mol. The Labute approximate surface area is 122 Å². The van der Waals surface area contributed by atoms with Crippen molar-refractivity contribution in [1.82, 2.24) is 9.80 Å². The monoisotopic (exact) mass is 296 g/mol. The molecule has 1 saturated heterocycles. The topological polar surface area (TPSA) is 43.8 Å². The van der Waals surface area contributed by atoms with Gasteiger partial charge in [-0.3, -0.25) is 9.69 Å². The second-order valence-electron chi connectivity index (χ2n) is 4.40. The summed E-state index contributed by atoms with van der Waals surface area (Å²) in [5.74, 6) is -0.135. The Morgan fingerprint density at radius 2 is 2.11 bits per heavy atom. The first kappa shape index (κ1) is 14.3. The molecular weight excluding hydrogens is 280 g/mol. The van der Waals surface area contributed by atoms with Gasteiger partial charge in [0.25, 0.3) is 0 Å². The van der Waals surface area contributed by atoms with Crippen LogP contribution in [0.5, 0.6) is 0 Å². The summed E-state index contributed by atoms with van der Waals surface area (Å²) in [6.07, 6.45) is 0.919. The zero-order valence-corrected chi connectivity index (χ0v) is 12.1. The zero-order chi connectivity index (χ0) is 13.7. The van der Waals surface area contributed by atoms with E-state index in [2.05, 4.69) is 17.0 Å². The highest BCUT2D eigenvalue weighted by Gasteiger charge is 2.22. The summed E-state index contributed by atoms with van der Waals surface area (Å²) in [4.78, 5) is 14.7. The second kappa shape index (κ2) is 6.88. The van der Waals surface area contributed by atoms with E-state index in [0.29, 0.717) is 12.5 Å². The van der Waals surface area contributed by atoms with Crippen molar-refractivity contribution in [3.63, 3.8) is 0 Å². The van der Waals surface area contributed by atoms with Crippen LogP contribution in [0, 0.1) is 0 Å². The molecule has 0 aliphatic carbocycles. The van der Waals surface area contributed by atoms with Gasteiger partial charge in [0.05, 0.1) is 19.1 Å². The fourth-order valence-electron chi connectivity index (χ4n) is 1.94. The minimum absolute atomic E-state index is 0.0669. The number of hydrogen-bond acceptors (Lipinski definition) is 4. The molecule has 0 saturated carbocycles. The molecule has 0 amide bonds. The molecule has 0 bridgehead atoms. The number of hydrogen-bond donors (Lipinski definition) is 1. The molecule has 0 atom stereocenters. The van der Waals surface area contributed by atoms with E-state index in [0.717, 1.165) is 17.3 Å². The smallest absolute Gasteiger partial charge is 0.317 e. The Bertz CT molecular complexity index is 453. The van der Waals surface area contributed by atoms with Gasteiger partial charge in [0.2, 0.25) is 0 Å². The Balaban J connectivity index is 1.87. The van der Waals surface area contributed by atoms with Gasteiger partial charge in [-0.05, 0) is 12.0 Å². The maximum absolute atomic E-state index is 10.7. The van der Waals surface area contributed by atoms with Crippen LogP contribution in [0.15, 0.2) is 30.3 Å². The van der Waals surface area contributed by atoms with Crippen molar-refractivity contribution in [3.8, 4) is 0 Å². The number of rotatable bonds is 5. The molecule has 1 heterocycles. The summed E-state index contributed by atoms with van der Waals surface area (Å²) in [7, 11) is 0. The van der Waals surface area contributed by atoms with Gasteiger partial charge >= 0.3 is 5.97 Å². The Morgan fingerprint density at radius 3 is 2.79 bits per heavy atom. The van der Waals surface area contributed by atoms with Gasteiger partial charge in [0.1, 0.15) is 4.32 Å². The van der Waals surface area contributed by atoms with Crippen LogP contribution in [0.25, 0.3) is 0 Å². The van der Waals surface area contributed by atoms with Crippen molar-refractivity contribution in [2.45, 2.75) is 6.42 Å². The van der Waals surface area contributed by atoms with Crippen LogP contribution < -0.4 is 0 Å². The Morgan fingerprint density at radius 1 is 1.37 bits per heavy atom. The fraction of sp³-hybridized carbons (Fsp3) is 0.385. The van der Waals surface area contributed by atoms with Crippen molar-refractivity contribution in [1.29, 1.82) is 0 Å². The van der Waals surface area contributed by atoms with Crippen molar-refractivity contribution in [2.75, 3.05) is 25.6 Å². The van der Waals surface area contributed by atoms with Crippen LogP contribution in [0.2, 0.25) is 0 Å². The van der Waals surface area contributed by atoms with E-state index in [1.54, 1.807) is 0 Å². The summed E-state index contributed by atoms with van der Waals surface area (Å²) >= 11 is 6.86. The minimum atomic E-state index is -0.795. The second-order valence-corrected chi connectivity index (χ2v) is 5.98.